The molecule has 17 heavy (non-hydrogen) atoms. The molecule has 2 N–H and O–H groups in total. The molecule has 1 atom stereocenters. The Hall–Kier alpha value is -1.10. The highest BCUT2D eigenvalue weighted by Crippen LogP contribution is 2.18. The summed E-state index contributed by atoms with van der Waals surface area (Å²) in [7, 11) is 1.38. The number of hydrogen-bond donors (Lipinski definition) is 2. The summed E-state index contributed by atoms with van der Waals surface area (Å²) in [5.41, 5.74) is 0. The van der Waals surface area contributed by atoms with Crippen LogP contribution in [0.3, 0.4) is 0 Å². The van der Waals surface area contributed by atoms with Crippen LogP contribution < -0.4 is 10.6 Å². The lowest BCUT2D eigenvalue weighted by Crippen LogP contribution is -2.38. The van der Waals surface area contributed by atoms with Gasteiger partial charge in [-0.3, -0.25) is 9.59 Å². The number of amides is 1. The lowest BCUT2D eigenvalue weighted by molar-refractivity contribution is -0.143. The van der Waals surface area contributed by atoms with E-state index in [1.54, 1.807) is 0 Å². The van der Waals surface area contributed by atoms with Crippen molar-refractivity contribution >= 4 is 11.9 Å². The summed E-state index contributed by atoms with van der Waals surface area (Å²) >= 11 is 0. The van der Waals surface area contributed by atoms with Crippen molar-refractivity contribution in [2.75, 3.05) is 13.7 Å². The van der Waals surface area contributed by atoms with E-state index >= 15 is 0 Å². The van der Waals surface area contributed by atoms with Crippen LogP contribution in [0.5, 0.6) is 0 Å². The molecule has 1 rings (SSSR count). The number of carbonyl (C=O) groups excluding carboxylic acids is 2. The van der Waals surface area contributed by atoms with Gasteiger partial charge < -0.3 is 15.4 Å². The highest BCUT2D eigenvalue weighted by atomic mass is 16.5. The van der Waals surface area contributed by atoms with Crippen LogP contribution in [0, 0.1) is 0 Å². The van der Waals surface area contributed by atoms with Crippen LogP contribution in [-0.2, 0) is 14.3 Å². The first-order chi connectivity index (χ1) is 8.17. The maximum Gasteiger partial charge on any atom is 0.322 e. The molecule has 1 aliphatic carbocycles. The average Bonchev–Trinajstić information content (AvgIpc) is 3.12. The number of ether oxygens (including phenoxy) is 1. The zero-order chi connectivity index (χ0) is 12.7. The Morgan fingerprint density at radius 2 is 2.12 bits per heavy atom. The van der Waals surface area contributed by atoms with Crippen molar-refractivity contribution < 1.29 is 14.3 Å². The Labute approximate surface area is 102 Å². The minimum absolute atomic E-state index is 0.111. The van der Waals surface area contributed by atoms with Gasteiger partial charge in [-0.15, -0.1) is 0 Å². The van der Waals surface area contributed by atoms with Gasteiger partial charge >= 0.3 is 5.97 Å². The summed E-state index contributed by atoms with van der Waals surface area (Å²) in [6.07, 6.45) is 4.18. The van der Waals surface area contributed by atoms with E-state index in [1.165, 1.54) is 7.11 Å². The molecule has 98 valence electrons. The van der Waals surface area contributed by atoms with Gasteiger partial charge in [0.15, 0.2) is 0 Å². The van der Waals surface area contributed by atoms with E-state index in [2.05, 4.69) is 15.4 Å². The summed E-state index contributed by atoms with van der Waals surface area (Å²) < 4.78 is 4.66. The van der Waals surface area contributed by atoms with Gasteiger partial charge in [-0.1, -0.05) is 6.92 Å². The summed E-state index contributed by atoms with van der Waals surface area (Å²) in [5, 5.41) is 6.02. The molecule has 5 heteroatoms. The number of carbonyl (C=O) groups is 2. The number of hydrogen-bond acceptors (Lipinski definition) is 4. The molecule has 0 saturated heterocycles. The summed E-state index contributed by atoms with van der Waals surface area (Å²) in [5.74, 6) is -0.129. The van der Waals surface area contributed by atoms with Gasteiger partial charge in [-0.05, 0) is 32.2 Å². The fourth-order valence-corrected chi connectivity index (χ4v) is 1.59. The molecule has 1 amide bonds. The van der Waals surface area contributed by atoms with Gasteiger partial charge in [0.25, 0.3) is 0 Å². The lowest BCUT2D eigenvalue weighted by Gasteiger charge is -2.14. The first kappa shape index (κ1) is 14.0. The van der Waals surface area contributed by atoms with E-state index in [0.29, 0.717) is 25.4 Å². The molecule has 1 unspecified atom stereocenters. The number of nitrogens with one attached hydrogen (secondary N) is 2. The fourth-order valence-electron chi connectivity index (χ4n) is 1.59. The van der Waals surface area contributed by atoms with Gasteiger partial charge in [-0.25, -0.2) is 0 Å². The summed E-state index contributed by atoms with van der Waals surface area (Å²) in [6.45, 7) is 2.58. The van der Waals surface area contributed by atoms with Crippen LogP contribution in [0.2, 0.25) is 0 Å². The highest BCUT2D eigenvalue weighted by molar-refractivity contribution is 5.76. The number of esters is 1. The largest absolute Gasteiger partial charge is 0.468 e. The molecular weight excluding hydrogens is 220 g/mol. The maximum atomic E-state index is 11.4. The summed E-state index contributed by atoms with van der Waals surface area (Å²) in [4.78, 5) is 22.6. The van der Waals surface area contributed by atoms with Crippen molar-refractivity contribution in [2.45, 2.75) is 51.1 Å². The summed E-state index contributed by atoms with van der Waals surface area (Å²) in [6, 6.07) is 0.167. The van der Waals surface area contributed by atoms with E-state index in [4.69, 9.17) is 0 Å². The predicted molar refractivity (Wildman–Crippen MR) is 64.5 cm³/mol. The minimum Gasteiger partial charge on any atom is -0.468 e. The molecule has 0 aromatic heterocycles. The van der Waals surface area contributed by atoms with Crippen LogP contribution in [0.15, 0.2) is 0 Å². The standard InChI is InChI=1S/C12H22N2O3/c1-3-10(12(16)17-2)13-8-4-5-11(15)14-9-6-7-9/h9-10,13H,3-8H2,1-2H3,(H,14,15). The van der Waals surface area contributed by atoms with Crippen molar-refractivity contribution in [3.05, 3.63) is 0 Å². The topological polar surface area (TPSA) is 67.4 Å². The third-order valence-corrected chi connectivity index (χ3v) is 2.81. The van der Waals surface area contributed by atoms with Crippen molar-refractivity contribution in [2.24, 2.45) is 0 Å². The second kappa shape index (κ2) is 7.27. The SMILES string of the molecule is CCC(NCCCC(=O)NC1CC1)C(=O)OC. The van der Waals surface area contributed by atoms with Crippen molar-refractivity contribution in [3.8, 4) is 0 Å². The second-order valence-corrected chi connectivity index (χ2v) is 4.38. The van der Waals surface area contributed by atoms with E-state index in [9.17, 15) is 9.59 Å². The monoisotopic (exact) mass is 242 g/mol. The van der Waals surface area contributed by atoms with Crippen molar-refractivity contribution in [3.63, 3.8) is 0 Å². The Bertz CT molecular complexity index is 264. The molecule has 0 spiro atoms. The highest BCUT2D eigenvalue weighted by Gasteiger charge is 2.22. The Kier molecular flexibility index (Phi) is 5.97. The molecule has 0 bridgehead atoms. The molecule has 1 aliphatic rings. The van der Waals surface area contributed by atoms with Crippen molar-refractivity contribution in [1.82, 2.24) is 10.6 Å². The van der Waals surface area contributed by atoms with Crippen LogP contribution in [0.25, 0.3) is 0 Å². The van der Waals surface area contributed by atoms with E-state index in [1.807, 2.05) is 6.92 Å². The molecular formula is C12H22N2O3. The third-order valence-electron chi connectivity index (χ3n) is 2.81. The molecule has 1 saturated carbocycles. The van der Waals surface area contributed by atoms with Gasteiger partial charge in [-0.2, -0.15) is 0 Å². The van der Waals surface area contributed by atoms with Gasteiger partial charge in [0, 0.05) is 12.5 Å². The Morgan fingerprint density at radius 1 is 1.41 bits per heavy atom. The molecule has 0 aromatic carbocycles. The predicted octanol–water partition coefficient (Wildman–Crippen LogP) is 0.586. The molecule has 0 heterocycles. The van der Waals surface area contributed by atoms with Crippen LogP contribution >= 0.6 is 0 Å². The first-order valence-electron chi connectivity index (χ1n) is 6.28. The maximum absolute atomic E-state index is 11.4. The van der Waals surface area contributed by atoms with E-state index < -0.39 is 0 Å². The fraction of sp³-hybridized carbons (Fsp3) is 0.833. The zero-order valence-corrected chi connectivity index (χ0v) is 10.6. The van der Waals surface area contributed by atoms with Crippen LogP contribution in [-0.4, -0.2) is 37.6 Å². The van der Waals surface area contributed by atoms with Crippen LogP contribution in [0.4, 0.5) is 0 Å². The molecule has 5 nitrogen and oxygen atoms in total. The molecule has 1 fully saturated rings. The Balaban J connectivity index is 2.04. The Morgan fingerprint density at radius 3 is 2.65 bits per heavy atom. The molecule has 0 aliphatic heterocycles. The van der Waals surface area contributed by atoms with Gasteiger partial charge in [0.05, 0.1) is 7.11 Å². The average molecular weight is 242 g/mol. The number of rotatable bonds is 8. The number of methoxy groups -OCH3 is 1. The molecule has 0 radical (unpaired) electrons. The smallest absolute Gasteiger partial charge is 0.322 e. The van der Waals surface area contributed by atoms with E-state index in [0.717, 1.165) is 19.3 Å². The normalized spacial score (nSPS) is 16.4. The minimum atomic E-state index is -0.258. The first-order valence-corrected chi connectivity index (χ1v) is 6.28. The van der Waals surface area contributed by atoms with Crippen LogP contribution in [0.1, 0.15) is 39.0 Å². The quantitative estimate of drug-likeness (QED) is 0.483. The molecule has 0 aromatic rings. The second-order valence-electron chi connectivity index (χ2n) is 4.38. The van der Waals surface area contributed by atoms with Gasteiger partial charge in [0.1, 0.15) is 6.04 Å². The third kappa shape index (κ3) is 5.68. The van der Waals surface area contributed by atoms with E-state index in [-0.39, 0.29) is 17.9 Å². The zero-order valence-electron chi connectivity index (χ0n) is 10.6. The lowest BCUT2D eigenvalue weighted by atomic mass is 10.2. The van der Waals surface area contributed by atoms with Crippen molar-refractivity contribution in [1.29, 1.82) is 0 Å². The van der Waals surface area contributed by atoms with Gasteiger partial charge in [0.2, 0.25) is 5.91 Å².